The summed E-state index contributed by atoms with van der Waals surface area (Å²) < 4.78 is 24.1. The number of methoxy groups -OCH3 is 2. The van der Waals surface area contributed by atoms with Crippen LogP contribution in [0, 0.1) is 5.82 Å². The minimum absolute atomic E-state index is 0.180. The molecule has 0 amide bonds. The second-order valence-corrected chi connectivity index (χ2v) is 4.23. The van der Waals surface area contributed by atoms with Crippen LogP contribution in [0.25, 0.3) is 0 Å². The fourth-order valence-corrected chi connectivity index (χ4v) is 1.98. The van der Waals surface area contributed by atoms with Crippen molar-refractivity contribution in [1.82, 2.24) is 0 Å². The minimum Gasteiger partial charge on any atom is -0.392 e. The highest BCUT2D eigenvalue weighted by Gasteiger charge is 2.15. The maximum absolute atomic E-state index is 14.0. The van der Waals surface area contributed by atoms with Gasteiger partial charge in [0.05, 0.1) is 18.9 Å². The van der Waals surface area contributed by atoms with Crippen LogP contribution in [-0.2, 0) is 16.1 Å². The number of aliphatic hydroxyl groups excluding tert-OH is 1. The number of para-hydroxylation sites is 1. The van der Waals surface area contributed by atoms with Crippen LogP contribution in [-0.4, -0.2) is 45.6 Å². The van der Waals surface area contributed by atoms with E-state index in [1.807, 2.05) is 4.90 Å². The van der Waals surface area contributed by atoms with Gasteiger partial charge in [-0.1, -0.05) is 12.1 Å². The van der Waals surface area contributed by atoms with Gasteiger partial charge in [-0.3, -0.25) is 0 Å². The summed E-state index contributed by atoms with van der Waals surface area (Å²) in [6.07, 6.45) is 0.791. The summed E-state index contributed by atoms with van der Waals surface area (Å²) in [5.74, 6) is -0.319. The Balaban J connectivity index is 2.88. The van der Waals surface area contributed by atoms with E-state index in [4.69, 9.17) is 9.47 Å². The molecule has 108 valence electrons. The van der Waals surface area contributed by atoms with E-state index in [1.165, 1.54) is 6.07 Å². The largest absolute Gasteiger partial charge is 0.392 e. The molecule has 0 fully saturated rings. The molecule has 1 aromatic carbocycles. The zero-order valence-electron chi connectivity index (χ0n) is 11.6. The molecule has 4 nitrogen and oxygen atoms in total. The van der Waals surface area contributed by atoms with Gasteiger partial charge in [0.25, 0.3) is 0 Å². The summed E-state index contributed by atoms with van der Waals surface area (Å²) in [6, 6.07) is 4.74. The van der Waals surface area contributed by atoms with E-state index < -0.39 is 0 Å². The Bertz CT molecular complexity index is 374. The van der Waals surface area contributed by atoms with Crippen LogP contribution in [0.5, 0.6) is 0 Å². The molecule has 0 aromatic heterocycles. The molecule has 0 aliphatic heterocycles. The number of nitrogens with zero attached hydrogens (tertiary/aromatic N) is 1. The number of benzene rings is 1. The molecule has 0 spiro atoms. The van der Waals surface area contributed by atoms with E-state index in [0.717, 1.165) is 6.42 Å². The fraction of sp³-hybridized carbons (Fsp3) is 0.571. The van der Waals surface area contributed by atoms with Gasteiger partial charge < -0.3 is 19.5 Å². The number of hydrogen-bond acceptors (Lipinski definition) is 4. The Labute approximate surface area is 113 Å². The van der Waals surface area contributed by atoms with Crippen LogP contribution >= 0.6 is 0 Å². The van der Waals surface area contributed by atoms with Crippen LogP contribution in [0.1, 0.15) is 12.0 Å². The standard InChI is InChI=1S/C14H22FNO3/c1-18-9-4-7-16(8-10-19-2)14-12(11-17)5-3-6-13(14)15/h3,5-6,17H,4,7-11H2,1-2H3. The first-order valence-corrected chi connectivity index (χ1v) is 6.35. The van der Waals surface area contributed by atoms with Gasteiger partial charge in [-0.25, -0.2) is 4.39 Å². The second kappa shape index (κ2) is 8.85. The van der Waals surface area contributed by atoms with Gasteiger partial charge in [0, 0.05) is 39.5 Å². The molecule has 0 saturated heterocycles. The third-order valence-corrected chi connectivity index (χ3v) is 2.90. The molecule has 19 heavy (non-hydrogen) atoms. The monoisotopic (exact) mass is 271 g/mol. The molecule has 0 saturated carbocycles. The van der Waals surface area contributed by atoms with Gasteiger partial charge in [-0.15, -0.1) is 0 Å². The van der Waals surface area contributed by atoms with Gasteiger partial charge in [-0.2, -0.15) is 0 Å². The molecule has 0 unspecified atom stereocenters. The first-order chi connectivity index (χ1) is 9.24. The van der Waals surface area contributed by atoms with Crippen molar-refractivity contribution in [1.29, 1.82) is 0 Å². The average molecular weight is 271 g/mol. The topological polar surface area (TPSA) is 41.9 Å². The summed E-state index contributed by atoms with van der Waals surface area (Å²) >= 11 is 0. The number of ether oxygens (including phenoxy) is 2. The Morgan fingerprint density at radius 2 is 1.89 bits per heavy atom. The highest BCUT2D eigenvalue weighted by molar-refractivity contribution is 5.54. The van der Waals surface area contributed by atoms with Crippen molar-refractivity contribution in [3.8, 4) is 0 Å². The van der Waals surface area contributed by atoms with Crippen LogP contribution in [0.4, 0.5) is 10.1 Å². The van der Waals surface area contributed by atoms with Gasteiger partial charge in [0.1, 0.15) is 5.82 Å². The third kappa shape index (κ3) is 4.78. The summed E-state index contributed by atoms with van der Waals surface area (Å²) in [5.41, 5.74) is 1.05. The summed E-state index contributed by atoms with van der Waals surface area (Å²) in [7, 11) is 3.25. The lowest BCUT2D eigenvalue weighted by molar-refractivity contribution is 0.190. The second-order valence-electron chi connectivity index (χ2n) is 4.23. The van der Waals surface area contributed by atoms with Gasteiger partial charge >= 0.3 is 0 Å². The summed E-state index contributed by atoms with van der Waals surface area (Å²) in [6.45, 7) is 2.18. The van der Waals surface area contributed by atoms with Crippen LogP contribution in [0.3, 0.4) is 0 Å². The van der Waals surface area contributed by atoms with Crippen LogP contribution in [0.15, 0.2) is 18.2 Å². The molecule has 0 bridgehead atoms. The van der Waals surface area contributed by atoms with Gasteiger partial charge in [0.15, 0.2) is 0 Å². The van der Waals surface area contributed by atoms with Crippen molar-refractivity contribution in [2.75, 3.05) is 45.4 Å². The average Bonchev–Trinajstić information content (AvgIpc) is 2.43. The van der Waals surface area contributed by atoms with E-state index in [-0.39, 0.29) is 12.4 Å². The Morgan fingerprint density at radius 1 is 1.16 bits per heavy atom. The highest BCUT2D eigenvalue weighted by Crippen LogP contribution is 2.24. The minimum atomic E-state index is -0.319. The summed E-state index contributed by atoms with van der Waals surface area (Å²) in [4.78, 5) is 1.89. The lowest BCUT2D eigenvalue weighted by atomic mass is 10.1. The first kappa shape index (κ1) is 15.9. The molecule has 0 atom stereocenters. The molecular formula is C14H22FNO3. The van der Waals surface area contributed by atoms with Crippen molar-refractivity contribution in [2.45, 2.75) is 13.0 Å². The molecule has 1 aromatic rings. The van der Waals surface area contributed by atoms with E-state index >= 15 is 0 Å². The normalized spacial score (nSPS) is 10.7. The summed E-state index contributed by atoms with van der Waals surface area (Å²) in [5, 5.41) is 9.34. The highest BCUT2D eigenvalue weighted by atomic mass is 19.1. The number of rotatable bonds is 9. The molecule has 0 aliphatic rings. The maximum Gasteiger partial charge on any atom is 0.146 e. The van der Waals surface area contributed by atoms with Gasteiger partial charge in [-0.05, 0) is 12.5 Å². The first-order valence-electron chi connectivity index (χ1n) is 6.35. The van der Waals surface area contributed by atoms with E-state index in [9.17, 15) is 9.50 Å². The predicted octanol–water partition coefficient (Wildman–Crippen LogP) is 1.81. The molecular weight excluding hydrogens is 249 g/mol. The quantitative estimate of drug-likeness (QED) is 0.696. The van der Waals surface area contributed by atoms with Crippen LogP contribution in [0.2, 0.25) is 0 Å². The van der Waals surface area contributed by atoms with Crippen molar-refractivity contribution < 1.29 is 19.0 Å². The number of hydrogen-bond donors (Lipinski definition) is 1. The van der Waals surface area contributed by atoms with Gasteiger partial charge in [0.2, 0.25) is 0 Å². The van der Waals surface area contributed by atoms with Crippen molar-refractivity contribution in [2.24, 2.45) is 0 Å². The van der Waals surface area contributed by atoms with Crippen molar-refractivity contribution in [3.05, 3.63) is 29.6 Å². The Hall–Kier alpha value is -1.17. The number of halogens is 1. The molecule has 0 radical (unpaired) electrons. The molecule has 1 N–H and O–H groups in total. The van der Waals surface area contributed by atoms with E-state index in [0.29, 0.717) is 37.6 Å². The van der Waals surface area contributed by atoms with Crippen molar-refractivity contribution in [3.63, 3.8) is 0 Å². The predicted molar refractivity (Wildman–Crippen MR) is 72.9 cm³/mol. The van der Waals surface area contributed by atoms with E-state index in [1.54, 1.807) is 26.4 Å². The Morgan fingerprint density at radius 3 is 2.53 bits per heavy atom. The molecule has 5 heteroatoms. The SMILES string of the molecule is COCCCN(CCOC)c1c(F)cccc1CO. The number of aliphatic hydroxyl groups is 1. The lowest BCUT2D eigenvalue weighted by Gasteiger charge is -2.27. The van der Waals surface area contributed by atoms with E-state index in [2.05, 4.69) is 0 Å². The molecule has 0 aliphatic carbocycles. The Kier molecular flexibility index (Phi) is 7.40. The maximum atomic E-state index is 14.0. The smallest absolute Gasteiger partial charge is 0.146 e. The molecule has 1 rings (SSSR count). The number of anilines is 1. The van der Waals surface area contributed by atoms with Crippen LogP contribution < -0.4 is 4.90 Å². The zero-order valence-corrected chi connectivity index (χ0v) is 11.6. The third-order valence-electron chi connectivity index (χ3n) is 2.90. The lowest BCUT2D eigenvalue weighted by Crippen LogP contribution is -2.30. The van der Waals surface area contributed by atoms with Crippen molar-refractivity contribution >= 4 is 5.69 Å². The molecule has 0 heterocycles. The zero-order chi connectivity index (χ0) is 14.1. The fourth-order valence-electron chi connectivity index (χ4n) is 1.98.